The zero-order valence-corrected chi connectivity index (χ0v) is 17.6. The second-order valence-corrected chi connectivity index (χ2v) is 8.23. The molecule has 1 amide bonds. The van der Waals surface area contributed by atoms with Crippen molar-refractivity contribution >= 4 is 29.0 Å². The molecule has 162 valence electrons. The van der Waals surface area contributed by atoms with Crippen molar-refractivity contribution < 1.29 is 24.3 Å². The van der Waals surface area contributed by atoms with Gasteiger partial charge in [-0.1, -0.05) is 12.2 Å². The molecule has 1 aliphatic heterocycles. The lowest BCUT2D eigenvalue weighted by molar-refractivity contribution is -0.141. The number of rotatable bonds is 4. The first-order chi connectivity index (χ1) is 14.0. The number of aryl methyl sites for hydroxylation is 1. The van der Waals surface area contributed by atoms with Crippen molar-refractivity contribution in [2.24, 2.45) is 0 Å². The van der Waals surface area contributed by atoms with Crippen LogP contribution in [0.1, 0.15) is 34.1 Å². The first kappa shape index (κ1) is 21.5. The van der Waals surface area contributed by atoms with Crippen LogP contribution in [0, 0.1) is 0 Å². The van der Waals surface area contributed by atoms with Crippen LogP contribution in [0.2, 0.25) is 0 Å². The van der Waals surface area contributed by atoms with Gasteiger partial charge in [-0.2, -0.15) is 0 Å². The second kappa shape index (κ2) is 7.90. The first-order valence-corrected chi connectivity index (χ1v) is 9.46. The molecule has 0 aliphatic carbocycles. The lowest BCUT2D eigenvalue weighted by Crippen LogP contribution is -2.46. The maximum Gasteiger partial charge on any atom is 0.408 e. The number of nitrogens with one attached hydrogen (secondary N) is 1. The normalized spacial score (nSPS) is 20.1. The number of amides is 1. The van der Waals surface area contributed by atoms with Crippen LogP contribution in [0.25, 0.3) is 11.2 Å². The molecule has 2 atom stereocenters. The van der Waals surface area contributed by atoms with E-state index in [0.29, 0.717) is 29.9 Å². The van der Waals surface area contributed by atoms with Crippen LogP contribution in [0.3, 0.4) is 0 Å². The highest BCUT2D eigenvalue weighted by molar-refractivity contribution is 5.84. The summed E-state index contributed by atoms with van der Waals surface area (Å²) in [7, 11) is 1.23. The molecule has 1 aliphatic rings. The van der Waals surface area contributed by atoms with Crippen LogP contribution >= 0.6 is 0 Å². The zero-order chi connectivity index (χ0) is 22.1. The number of aromatic nitrogens is 4. The molecule has 30 heavy (non-hydrogen) atoms. The number of imidazole rings is 1. The van der Waals surface area contributed by atoms with Crippen molar-refractivity contribution in [1.82, 2.24) is 24.8 Å². The molecule has 2 N–H and O–H groups in total. The molecule has 11 nitrogen and oxygen atoms in total. The third kappa shape index (κ3) is 4.35. The van der Waals surface area contributed by atoms with E-state index in [-0.39, 0.29) is 0 Å². The van der Waals surface area contributed by atoms with Crippen LogP contribution in [0.15, 0.2) is 24.8 Å². The molecule has 3 heterocycles. The van der Waals surface area contributed by atoms with Gasteiger partial charge < -0.3 is 19.4 Å². The van der Waals surface area contributed by atoms with Gasteiger partial charge in [0.2, 0.25) is 0 Å². The number of carbonyl (C=O) groups excluding carboxylic acids is 2. The summed E-state index contributed by atoms with van der Waals surface area (Å²) >= 11 is 0. The van der Waals surface area contributed by atoms with Crippen molar-refractivity contribution in [2.45, 2.75) is 57.8 Å². The van der Waals surface area contributed by atoms with E-state index in [9.17, 15) is 14.8 Å². The molecule has 1 unspecified atom stereocenters. The maximum atomic E-state index is 12.2. The predicted molar refractivity (Wildman–Crippen MR) is 107 cm³/mol. The Morgan fingerprint density at radius 3 is 2.73 bits per heavy atom. The summed E-state index contributed by atoms with van der Waals surface area (Å²) in [5, 5.41) is 14.5. The standard InChI is InChI=1S/C19H26N6O5/c1-18(2,3)30-17(27)23-12(16(26)29-5)6-7-19(4)8-9-24-11-22-14-13(24)15(25(19)28)21-10-20-14/h6-7,10-12,28H,8-9H2,1-5H3,(H,23,27)/b7-6+/t12-,19?/m0/s1. The minimum absolute atomic E-state index is 0.303. The van der Waals surface area contributed by atoms with Crippen molar-refractivity contribution in [3.63, 3.8) is 0 Å². The molecule has 0 spiro atoms. The summed E-state index contributed by atoms with van der Waals surface area (Å²) in [6.45, 7) is 7.49. The lowest BCUT2D eigenvalue weighted by atomic mass is 9.95. The molecule has 3 rings (SSSR count). The van der Waals surface area contributed by atoms with E-state index in [2.05, 4.69) is 20.3 Å². The highest BCUT2D eigenvalue weighted by Crippen LogP contribution is 2.33. The largest absolute Gasteiger partial charge is 0.467 e. The average Bonchev–Trinajstić information content (AvgIpc) is 3.06. The van der Waals surface area contributed by atoms with E-state index in [0.717, 1.165) is 5.06 Å². The van der Waals surface area contributed by atoms with Gasteiger partial charge in [-0.15, -0.1) is 0 Å². The number of hydroxylamine groups is 1. The number of methoxy groups -OCH3 is 1. The Balaban J connectivity index is 1.86. The second-order valence-electron chi connectivity index (χ2n) is 8.23. The van der Waals surface area contributed by atoms with Gasteiger partial charge in [0.1, 0.15) is 23.5 Å². The molecule has 2 aromatic rings. The van der Waals surface area contributed by atoms with Crippen LogP contribution < -0.4 is 10.4 Å². The molecular weight excluding hydrogens is 392 g/mol. The van der Waals surface area contributed by atoms with E-state index in [1.54, 1.807) is 40.1 Å². The number of hydrogen-bond donors (Lipinski definition) is 2. The maximum absolute atomic E-state index is 12.2. The molecule has 2 aromatic heterocycles. The van der Waals surface area contributed by atoms with Crippen molar-refractivity contribution in [3.05, 3.63) is 24.8 Å². The number of alkyl carbamates (subject to hydrolysis) is 1. The van der Waals surface area contributed by atoms with Crippen molar-refractivity contribution in [2.75, 3.05) is 12.2 Å². The predicted octanol–water partition coefficient (Wildman–Crippen LogP) is 1.81. The Hall–Kier alpha value is -3.21. The average molecular weight is 418 g/mol. The SMILES string of the molecule is COC(=O)[C@H](/C=C/C1(C)CCn2cnc3ncnc(c32)N1O)NC(=O)OC(C)(C)C. The zero-order valence-electron chi connectivity index (χ0n) is 17.6. The Bertz CT molecular complexity index is 981. The van der Waals surface area contributed by atoms with Crippen LogP contribution in [0.4, 0.5) is 10.6 Å². The van der Waals surface area contributed by atoms with Gasteiger partial charge in [0.05, 0.1) is 19.0 Å². The van der Waals surface area contributed by atoms with Gasteiger partial charge in [-0.3, -0.25) is 5.21 Å². The Morgan fingerprint density at radius 2 is 2.07 bits per heavy atom. The summed E-state index contributed by atoms with van der Waals surface area (Å²) in [6.07, 6.45) is 5.80. The third-order valence-corrected chi connectivity index (χ3v) is 4.71. The molecule has 0 bridgehead atoms. The summed E-state index contributed by atoms with van der Waals surface area (Å²) in [4.78, 5) is 36.8. The van der Waals surface area contributed by atoms with E-state index in [1.807, 2.05) is 4.57 Å². The van der Waals surface area contributed by atoms with Crippen LogP contribution in [-0.2, 0) is 20.8 Å². The number of anilines is 1. The van der Waals surface area contributed by atoms with Crippen molar-refractivity contribution in [1.29, 1.82) is 0 Å². The monoisotopic (exact) mass is 418 g/mol. The fraction of sp³-hybridized carbons (Fsp3) is 0.526. The fourth-order valence-electron chi connectivity index (χ4n) is 3.12. The van der Waals surface area contributed by atoms with Gasteiger partial charge in [-0.25, -0.2) is 29.6 Å². The van der Waals surface area contributed by atoms with Crippen LogP contribution in [0.5, 0.6) is 0 Å². The molecule has 0 fully saturated rings. The van der Waals surface area contributed by atoms with Gasteiger partial charge in [0.15, 0.2) is 11.5 Å². The fourth-order valence-corrected chi connectivity index (χ4v) is 3.12. The number of carbonyl (C=O) groups is 2. The number of nitrogens with zero attached hydrogens (tertiary/aromatic N) is 5. The van der Waals surface area contributed by atoms with E-state index in [4.69, 9.17) is 9.47 Å². The quantitative estimate of drug-likeness (QED) is 0.563. The third-order valence-electron chi connectivity index (χ3n) is 4.71. The molecular formula is C19H26N6O5. The molecule has 0 saturated heterocycles. The van der Waals surface area contributed by atoms with Crippen LogP contribution in [-0.4, -0.2) is 61.1 Å². The topological polar surface area (TPSA) is 132 Å². The Kier molecular flexibility index (Phi) is 5.66. The number of ether oxygens (including phenoxy) is 2. The minimum Gasteiger partial charge on any atom is -0.467 e. The molecule has 0 saturated carbocycles. The smallest absolute Gasteiger partial charge is 0.408 e. The van der Waals surface area contributed by atoms with Gasteiger partial charge in [-0.05, 0) is 34.1 Å². The summed E-state index contributed by atoms with van der Waals surface area (Å²) in [5.74, 6) is -0.365. The molecule has 11 heteroatoms. The van der Waals surface area contributed by atoms with E-state index < -0.39 is 29.2 Å². The summed E-state index contributed by atoms with van der Waals surface area (Å²) < 4.78 is 11.9. The highest BCUT2D eigenvalue weighted by Gasteiger charge is 2.35. The number of hydrogen-bond acceptors (Lipinski definition) is 9. The van der Waals surface area contributed by atoms with E-state index in [1.165, 1.54) is 19.5 Å². The van der Waals surface area contributed by atoms with E-state index >= 15 is 0 Å². The van der Waals surface area contributed by atoms with Gasteiger partial charge >= 0.3 is 12.1 Å². The highest BCUT2D eigenvalue weighted by atomic mass is 16.6. The lowest BCUT2D eigenvalue weighted by Gasteiger charge is -2.33. The van der Waals surface area contributed by atoms with Gasteiger partial charge in [0, 0.05) is 6.54 Å². The Labute approximate surface area is 173 Å². The summed E-state index contributed by atoms with van der Waals surface area (Å²) in [6, 6.07) is -1.09. The number of esters is 1. The molecule has 0 aromatic carbocycles. The van der Waals surface area contributed by atoms with Crippen molar-refractivity contribution in [3.8, 4) is 0 Å². The first-order valence-electron chi connectivity index (χ1n) is 9.46. The minimum atomic E-state index is -1.09. The molecule has 0 radical (unpaired) electrons. The summed E-state index contributed by atoms with van der Waals surface area (Å²) in [5.41, 5.74) is -0.550. The Morgan fingerprint density at radius 1 is 1.33 bits per heavy atom. The van der Waals surface area contributed by atoms with Gasteiger partial charge in [0.25, 0.3) is 0 Å².